The fraction of sp³-hybridized carbons (Fsp3) is 0.0500. The quantitative estimate of drug-likeness (QED) is 0.392. The summed E-state index contributed by atoms with van der Waals surface area (Å²) in [5.41, 5.74) is -0.124. The van der Waals surface area contributed by atoms with E-state index in [0.717, 1.165) is 0 Å². The fourth-order valence-corrected chi connectivity index (χ4v) is 3.44. The smallest absolute Gasteiger partial charge is 0.279 e. The molecule has 1 heterocycles. The number of nitro benzene ring substituents is 2. The number of aromatic nitrogens is 1. The van der Waals surface area contributed by atoms with Crippen molar-refractivity contribution in [1.29, 1.82) is 0 Å². The molecule has 0 fully saturated rings. The number of phenols is 2. The van der Waals surface area contributed by atoms with Gasteiger partial charge >= 0.3 is 0 Å². The molecule has 0 atom stereocenters. The van der Waals surface area contributed by atoms with E-state index in [4.69, 9.17) is 0 Å². The van der Waals surface area contributed by atoms with Crippen LogP contribution in [0.5, 0.6) is 11.5 Å². The van der Waals surface area contributed by atoms with Crippen molar-refractivity contribution < 1.29 is 20.1 Å². The van der Waals surface area contributed by atoms with E-state index >= 15 is 0 Å². The molecule has 1 aromatic heterocycles. The predicted octanol–water partition coefficient (Wildman–Crippen LogP) is 4.21. The van der Waals surface area contributed by atoms with E-state index in [1.165, 1.54) is 36.5 Å². The second kappa shape index (κ2) is 6.71. The van der Waals surface area contributed by atoms with E-state index in [-0.39, 0.29) is 62.1 Å². The second-order valence-corrected chi connectivity index (χ2v) is 6.44. The molecule has 0 aliphatic rings. The Morgan fingerprint density at radius 1 is 0.793 bits per heavy atom. The highest BCUT2D eigenvalue weighted by Crippen LogP contribution is 2.40. The van der Waals surface area contributed by atoms with E-state index in [2.05, 4.69) is 4.98 Å². The van der Waals surface area contributed by atoms with Crippen LogP contribution in [0.1, 0.15) is 11.1 Å². The molecule has 0 unspecified atom stereocenters. The van der Waals surface area contributed by atoms with Gasteiger partial charge in [0, 0.05) is 41.3 Å². The fourth-order valence-electron chi connectivity index (χ4n) is 3.44. The van der Waals surface area contributed by atoms with Crippen LogP contribution in [0.15, 0.2) is 54.7 Å². The van der Waals surface area contributed by atoms with Gasteiger partial charge in [0.15, 0.2) is 0 Å². The van der Waals surface area contributed by atoms with Crippen LogP contribution in [0.25, 0.3) is 21.7 Å². The number of fused-ring (bicyclic) bond motifs is 2. The van der Waals surface area contributed by atoms with Crippen LogP contribution in [0, 0.1) is 20.2 Å². The lowest BCUT2D eigenvalue weighted by molar-refractivity contribution is -0.383. The topological polar surface area (TPSA) is 140 Å². The number of nitrogens with zero attached hydrogens (tertiary/aromatic N) is 3. The van der Waals surface area contributed by atoms with Crippen LogP contribution in [0.2, 0.25) is 0 Å². The van der Waals surface area contributed by atoms with Crippen molar-refractivity contribution >= 4 is 33.1 Å². The SMILES string of the molecule is O=[N+]([O-])c1cc(Cc2cc([N+](=O)[O-])c3cccnc3c2O)c(O)c2ccccc12. The molecule has 0 saturated carbocycles. The number of nitro groups is 2. The average Bonchev–Trinajstić information content (AvgIpc) is 2.71. The maximum Gasteiger partial charge on any atom is 0.279 e. The lowest BCUT2D eigenvalue weighted by Gasteiger charge is -2.11. The van der Waals surface area contributed by atoms with Crippen molar-refractivity contribution in [3.63, 3.8) is 0 Å². The largest absolute Gasteiger partial charge is 0.507 e. The van der Waals surface area contributed by atoms with Gasteiger partial charge in [0.05, 0.1) is 20.6 Å². The molecule has 0 aliphatic carbocycles. The van der Waals surface area contributed by atoms with Gasteiger partial charge in [-0.2, -0.15) is 0 Å². The first-order chi connectivity index (χ1) is 13.9. The maximum absolute atomic E-state index is 11.5. The first kappa shape index (κ1) is 18.1. The highest BCUT2D eigenvalue weighted by Gasteiger charge is 2.23. The molecule has 29 heavy (non-hydrogen) atoms. The van der Waals surface area contributed by atoms with E-state index in [1.807, 2.05) is 0 Å². The lowest BCUT2D eigenvalue weighted by Crippen LogP contribution is -1.98. The monoisotopic (exact) mass is 391 g/mol. The molecular formula is C20H13N3O6. The van der Waals surface area contributed by atoms with Gasteiger partial charge in [0.25, 0.3) is 11.4 Å². The number of phenolic OH excluding ortho intramolecular Hbond substituents is 2. The highest BCUT2D eigenvalue weighted by atomic mass is 16.6. The summed E-state index contributed by atoms with van der Waals surface area (Å²) in [7, 11) is 0. The minimum Gasteiger partial charge on any atom is -0.507 e. The van der Waals surface area contributed by atoms with Crippen LogP contribution >= 0.6 is 0 Å². The minimum absolute atomic E-state index is 0.0477. The molecular weight excluding hydrogens is 378 g/mol. The normalized spacial score (nSPS) is 11.0. The van der Waals surface area contributed by atoms with E-state index < -0.39 is 9.85 Å². The van der Waals surface area contributed by atoms with Crippen molar-refractivity contribution in [3.8, 4) is 11.5 Å². The summed E-state index contributed by atoms with van der Waals surface area (Å²) in [5.74, 6) is -0.462. The summed E-state index contributed by atoms with van der Waals surface area (Å²) in [6, 6.07) is 11.7. The second-order valence-electron chi connectivity index (χ2n) is 6.44. The van der Waals surface area contributed by atoms with Gasteiger partial charge in [0.1, 0.15) is 17.0 Å². The molecule has 0 aliphatic heterocycles. The summed E-state index contributed by atoms with van der Waals surface area (Å²) in [5, 5.41) is 44.9. The zero-order valence-corrected chi connectivity index (χ0v) is 14.8. The van der Waals surface area contributed by atoms with Gasteiger partial charge in [-0.05, 0) is 18.2 Å². The molecule has 144 valence electrons. The minimum atomic E-state index is -0.588. The lowest BCUT2D eigenvalue weighted by atomic mass is 9.96. The van der Waals surface area contributed by atoms with Crippen LogP contribution in [-0.2, 0) is 6.42 Å². The van der Waals surface area contributed by atoms with Gasteiger partial charge in [0.2, 0.25) is 0 Å². The van der Waals surface area contributed by atoms with Crippen molar-refractivity contribution in [2.45, 2.75) is 6.42 Å². The van der Waals surface area contributed by atoms with Crippen LogP contribution in [-0.4, -0.2) is 25.0 Å². The van der Waals surface area contributed by atoms with Crippen molar-refractivity contribution in [2.24, 2.45) is 0 Å². The zero-order chi connectivity index (χ0) is 20.7. The first-order valence-corrected chi connectivity index (χ1v) is 8.50. The summed E-state index contributed by atoms with van der Waals surface area (Å²) in [4.78, 5) is 25.8. The first-order valence-electron chi connectivity index (χ1n) is 8.50. The third kappa shape index (κ3) is 2.94. The van der Waals surface area contributed by atoms with Crippen molar-refractivity contribution in [2.75, 3.05) is 0 Å². The zero-order valence-electron chi connectivity index (χ0n) is 14.8. The molecule has 0 radical (unpaired) electrons. The third-order valence-corrected chi connectivity index (χ3v) is 4.77. The number of aromatic hydroxyl groups is 2. The van der Waals surface area contributed by atoms with Gasteiger partial charge in [-0.1, -0.05) is 18.2 Å². The predicted molar refractivity (Wildman–Crippen MR) is 105 cm³/mol. The molecule has 9 nitrogen and oxygen atoms in total. The Kier molecular flexibility index (Phi) is 4.19. The van der Waals surface area contributed by atoms with Crippen molar-refractivity contribution in [1.82, 2.24) is 4.98 Å². The Balaban J connectivity index is 1.95. The van der Waals surface area contributed by atoms with Crippen LogP contribution < -0.4 is 0 Å². The average molecular weight is 391 g/mol. The number of hydrogen-bond donors (Lipinski definition) is 2. The van der Waals surface area contributed by atoms with Crippen molar-refractivity contribution in [3.05, 3.63) is 86.1 Å². The molecule has 0 saturated heterocycles. The Hall–Kier alpha value is -4.27. The Bertz CT molecular complexity index is 1220. The summed E-state index contributed by atoms with van der Waals surface area (Å²) in [6.45, 7) is 0. The molecule has 2 N–H and O–H groups in total. The summed E-state index contributed by atoms with van der Waals surface area (Å²) >= 11 is 0. The van der Waals surface area contributed by atoms with Gasteiger partial charge in [-0.25, -0.2) is 0 Å². The van der Waals surface area contributed by atoms with Crippen LogP contribution in [0.4, 0.5) is 11.4 Å². The van der Waals surface area contributed by atoms with E-state index in [1.54, 1.807) is 18.2 Å². The van der Waals surface area contributed by atoms with Crippen LogP contribution in [0.3, 0.4) is 0 Å². The number of benzene rings is 3. The van der Waals surface area contributed by atoms with Gasteiger partial charge in [-0.3, -0.25) is 25.2 Å². The Morgan fingerprint density at radius 3 is 2.00 bits per heavy atom. The molecule has 0 bridgehead atoms. The Labute approximate surface area is 162 Å². The molecule has 4 rings (SSSR count). The number of pyridine rings is 1. The third-order valence-electron chi connectivity index (χ3n) is 4.77. The summed E-state index contributed by atoms with van der Waals surface area (Å²) < 4.78 is 0. The van der Waals surface area contributed by atoms with E-state index in [9.17, 15) is 30.4 Å². The number of non-ortho nitro benzene ring substituents is 2. The number of rotatable bonds is 4. The van der Waals surface area contributed by atoms with Gasteiger partial charge < -0.3 is 10.2 Å². The molecule has 3 aromatic carbocycles. The summed E-state index contributed by atoms with van der Waals surface area (Å²) in [6.07, 6.45) is 1.24. The molecule has 4 aromatic rings. The van der Waals surface area contributed by atoms with E-state index in [0.29, 0.717) is 0 Å². The molecule has 0 amide bonds. The maximum atomic E-state index is 11.5. The number of hydrogen-bond acceptors (Lipinski definition) is 7. The Morgan fingerprint density at radius 2 is 1.34 bits per heavy atom. The van der Waals surface area contributed by atoms with Gasteiger partial charge in [-0.15, -0.1) is 0 Å². The standard InChI is InChI=1S/C20H13N3O6/c24-19-11(9-16(22(26)27)13-4-1-2-5-14(13)19)8-12-10-17(23(28)29)15-6-3-7-21-18(15)20(12)25/h1-7,9-10,24-25H,8H2. The molecule has 9 heteroatoms. The molecule has 0 spiro atoms. The highest BCUT2D eigenvalue weighted by molar-refractivity contribution is 5.97.